The highest BCUT2D eigenvalue weighted by Gasteiger charge is 2.25. The van der Waals surface area contributed by atoms with E-state index in [9.17, 15) is 14.4 Å². The third kappa shape index (κ3) is 5.54. The van der Waals surface area contributed by atoms with Gasteiger partial charge in [0.15, 0.2) is 17.3 Å². The van der Waals surface area contributed by atoms with Gasteiger partial charge in [-0.05, 0) is 37.3 Å². The minimum Gasteiger partial charge on any atom is -0.493 e. The molecule has 0 spiro atoms. The molecule has 1 saturated heterocycles. The van der Waals surface area contributed by atoms with E-state index in [1.165, 1.54) is 20.3 Å². The first-order chi connectivity index (χ1) is 14.9. The van der Waals surface area contributed by atoms with Crippen molar-refractivity contribution < 1.29 is 28.3 Å². The first kappa shape index (κ1) is 22.2. The Bertz CT molecular complexity index is 949. The molecule has 0 unspecified atom stereocenters. The van der Waals surface area contributed by atoms with Crippen LogP contribution in [0.4, 0.5) is 0 Å². The molecule has 2 aromatic rings. The summed E-state index contributed by atoms with van der Waals surface area (Å²) in [5.74, 6) is 0.949. The maximum atomic E-state index is 12.4. The van der Waals surface area contributed by atoms with Gasteiger partial charge in [0, 0.05) is 31.7 Å². The van der Waals surface area contributed by atoms with E-state index in [4.69, 9.17) is 13.9 Å². The van der Waals surface area contributed by atoms with Crippen molar-refractivity contribution in [3.63, 3.8) is 0 Å². The van der Waals surface area contributed by atoms with Crippen LogP contribution in [0.3, 0.4) is 0 Å². The molecule has 2 N–H and O–H groups in total. The average Bonchev–Trinajstić information content (AvgIpc) is 3.23. The van der Waals surface area contributed by atoms with Gasteiger partial charge >= 0.3 is 0 Å². The Hall–Kier alpha value is -3.53. The van der Waals surface area contributed by atoms with Crippen LogP contribution in [0.2, 0.25) is 0 Å². The summed E-state index contributed by atoms with van der Waals surface area (Å²) in [6.07, 6.45) is 0. The minimum atomic E-state index is -0.474. The Morgan fingerprint density at radius 2 is 1.68 bits per heavy atom. The van der Waals surface area contributed by atoms with Crippen molar-refractivity contribution in [2.75, 3.05) is 46.9 Å². The molecule has 31 heavy (non-hydrogen) atoms. The molecule has 166 valence electrons. The van der Waals surface area contributed by atoms with Crippen LogP contribution < -0.4 is 20.3 Å². The molecule has 0 bridgehead atoms. The quantitative estimate of drug-likeness (QED) is 0.653. The summed E-state index contributed by atoms with van der Waals surface area (Å²) in [6.45, 7) is 3.96. The molecule has 0 aliphatic carbocycles. The number of benzene rings is 1. The number of nitrogens with one attached hydrogen (secondary N) is 2. The number of methoxy groups -OCH3 is 2. The fourth-order valence-electron chi connectivity index (χ4n) is 3.23. The lowest BCUT2D eigenvalue weighted by atomic mass is 10.2. The van der Waals surface area contributed by atoms with Gasteiger partial charge < -0.3 is 18.8 Å². The van der Waals surface area contributed by atoms with Gasteiger partial charge in [-0.1, -0.05) is 0 Å². The molecule has 1 fully saturated rings. The van der Waals surface area contributed by atoms with Crippen LogP contribution in [0.1, 0.15) is 26.7 Å². The number of aryl methyl sites for hydroxylation is 1. The topological polar surface area (TPSA) is 113 Å². The predicted octanol–water partition coefficient (Wildman–Crippen LogP) is 0.824. The fraction of sp³-hybridized carbons (Fsp3) is 0.381. The molecule has 2 heterocycles. The summed E-state index contributed by atoms with van der Waals surface area (Å²) in [6, 6.07) is 8.12. The Balaban J connectivity index is 1.43. The van der Waals surface area contributed by atoms with Gasteiger partial charge in [0.1, 0.15) is 5.76 Å². The first-order valence-electron chi connectivity index (χ1n) is 9.80. The van der Waals surface area contributed by atoms with Crippen molar-refractivity contribution in [2.45, 2.75) is 6.92 Å². The molecule has 3 rings (SSSR count). The van der Waals surface area contributed by atoms with Gasteiger partial charge in [0.2, 0.25) is 0 Å². The van der Waals surface area contributed by atoms with Gasteiger partial charge in [0.05, 0.1) is 20.8 Å². The molecule has 1 aliphatic heterocycles. The molecule has 1 aromatic heterocycles. The summed E-state index contributed by atoms with van der Waals surface area (Å²) in [5, 5.41) is 0. The van der Waals surface area contributed by atoms with E-state index in [-0.39, 0.29) is 18.4 Å². The monoisotopic (exact) mass is 430 g/mol. The Kier molecular flexibility index (Phi) is 7.14. The normalized spacial score (nSPS) is 14.1. The van der Waals surface area contributed by atoms with E-state index in [2.05, 4.69) is 10.9 Å². The van der Waals surface area contributed by atoms with Crippen molar-refractivity contribution in [1.29, 1.82) is 0 Å². The number of ether oxygens (including phenoxy) is 2. The zero-order chi connectivity index (χ0) is 22.4. The molecule has 10 heteroatoms. The Labute approximate surface area is 180 Å². The van der Waals surface area contributed by atoms with E-state index in [0.29, 0.717) is 54.8 Å². The van der Waals surface area contributed by atoms with Crippen LogP contribution in [-0.4, -0.2) is 74.5 Å². The van der Waals surface area contributed by atoms with E-state index in [1.54, 1.807) is 36.1 Å². The van der Waals surface area contributed by atoms with Crippen molar-refractivity contribution in [3.8, 4) is 11.5 Å². The number of hydrogen-bond donors (Lipinski definition) is 2. The highest BCUT2D eigenvalue weighted by Crippen LogP contribution is 2.27. The lowest BCUT2D eigenvalue weighted by molar-refractivity contribution is -0.123. The van der Waals surface area contributed by atoms with Gasteiger partial charge in [-0.2, -0.15) is 0 Å². The maximum Gasteiger partial charge on any atom is 0.289 e. The second-order valence-electron chi connectivity index (χ2n) is 7.05. The molecule has 1 aromatic carbocycles. The van der Waals surface area contributed by atoms with E-state index < -0.39 is 5.91 Å². The van der Waals surface area contributed by atoms with Gasteiger partial charge in [-0.25, -0.2) is 0 Å². The summed E-state index contributed by atoms with van der Waals surface area (Å²) in [7, 11) is 2.98. The highest BCUT2D eigenvalue weighted by atomic mass is 16.5. The third-order valence-corrected chi connectivity index (χ3v) is 4.94. The molecule has 0 atom stereocenters. The third-order valence-electron chi connectivity index (χ3n) is 4.94. The lowest BCUT2D eigenvalue weighted by Gasteiger charge is -2.33. The molecule has 0 saturated carbocycles. The number of carbonyl (C=O) groups excluding carboxylic acids is 3. The van der Waals surface area contributed by atoms with Gasteiger partial charge in [-0.15, -0.1) is 0 Å². The second-order valence-corrected chi connectivity index (χ2v) is 7.05. The number of rotatable bonds is 6. The van der Waals surface area contributed by atoms with Crippen molar-refractivity contribution in [1.82, 2.24) is 20.7 Å². The first-order valence-corrected chi connectivity index (χ1v) is 9.80. The zero-order valence-electron chi connectivity index (χ0n) is 17.8. The van der Waals surface area contributed by atoms with Crippen molar-refractivity contribution >= 4 is 17.7 Å². The van der Waals surface area contributed by atoms with Gasteiger partial charge in [0.25, 0.3) is 17.7 Å². The molecular weight excluding hydrogens is 404 g/mol. The van der Waals surface area contributed by atoms with E-state index in [0.717, 1.165) is 0 Å². The van der Waals surface area contributed by atoms with Crippen molar-refractivity contribution in [2.24, 2.45) is 0 Å². The Morgan fingerprint density at radius 3 is 2.29 bits per heavy atom. The summed E-state index contributed by atoms with van der Waals surface area (Å²) in [5.41, 5.74) is 5.12. The van der Waals surface area contributed by atoms with Gasteiger partial charge in [-0.3, -0.25) is 30.1 Å². The molecule has 0 radical (unpaired) electrons. The fourth-order valence-corrected chi connectivity index (χ4v) is 3.23. The number of carbonyl (C=O) groups is 3. The smallest absolute Gasteiger partial charge is 0.289 e. The van der Waals surface area contributed by atoms with Crippen LogP contribution in [0.5, 0.6) is 11.5 Å². The largest absolute Gasteiger partial charge is 0.493 e. The lowest BCUT2D eigenvalue weighted by Crippen LogP contribution is -2.52. The number of hydrogen-bond acceptors (Lipinski definition) is 7. The summed E-state index contributed by atoms with van der Waals surface area (Å²) in [4.78, 5) is 40.5. The second kappa shape index (κ2) is 9.98. The molecule has 10 nitrogen and oxygen atoms in total. The molecular formula is C21H26N4O6. The number of furan rings is 1. The van der Waals surface area contributed by atoms with E-state index >= 15 is 0 Å². The standard InChI is InChI=1S/C21H26N4O6/c1-14-4-6-17(31-14)21(28)25-10-8-24(9-11-25)13-19(26)22-23-20(27)15-5-7-16(29-2)18(12-15)30-3/h4-7,12H,8-11,13H2,1-3H3,(H,22,26)(H,23,27). The highest BCUT2D eigenvalue weighted by molar-refractivity contribution is 5.96. The zero-order valence-corrected chi connectivity index (χ0v) is 17.8. The number of piperazine rings is 1. The van der Waals surface area contributed by atoms with E-state index in [1.807, 2.05) is 4.90 Å². The number of hydrazine groups is 1. The minimum absolute atomic E-state index is 0.105. The van der Waals surface area contributed by atoms with Crippen LogP contribution in [-0.2, 0) is 4.79 Å². The Morgan fingerprint density at radius 1 is 0.968 bits per heavy atom. The van der Waals surface area contributed by atoms with Crippen molar-refractivity contribution in [3.05, 3.63) is 47.4 Å². The SMILES string of the molecule is COc1ccc(C(=O)NNC(=O)CN2CCN(C(=O)c3ccc(C)o3)CC2)cc1OC. The predicted molar refractivity (Wildman–Crippen MR) is 111 cm³/mol. The van der Waals surface area contributed by atoms with Crippen LogP contribution in [0, 0.1) is 6.92 Å². The summed E-state index contributed by atoms with van der Waals surface area (Å²) < 4.78 is 15.7. The molecule has 1 aliphatic rings. The summed E-state index contributed by atoms with van der Waals surface area (Å²) >= 11 is 0. The van der Waals surface area contributed by atoms with Crippen LogP contribution in [0.15, 0.2) is 34.7 Å². The van der Waals surface area contributed by atoms with Crippen LogP contribution in [0.25, 0.3) is 0 Å². The number of nitrogens with zero attached hydrogens (tertiary/aromatic N) is 2. The molecule has 3 amide bonds. The average molecular weight is 430 g/mol. The van der Waals surface area contributed by atoms with Crippen LogP contribution >= 0.6 is 0 Å². The maximum absolute atomic E-state index is 12.4. The number of amides is 3.